The van der Waals surface area contributed by atoms with Gasteiger partial charge in [0.1, 0.15) is 5.75 Å². The third-order valence-electron chi connectivity index (χ3n) is 5.60. The van der Waals surface area contributed by atoms with E-state index in [4.69, 9.17) is 0 Å². The summed E-state index contributed by atoms with van der Waals surface area (Å²) in [6.07, 6.45) is 6.48. The number of hydrogen-bond acceptors (Lipinski definition) is 3. The number of hydrogen-bond donors (Lipinski definition) is 2. The van der Waals surface area contributed by atoms with E-state index in [0.29, 0.717) is 25.0 Å². The maximum absolute atomic E-state index is 12.7. The summed E-state index contributed by atoms with van der Waals surface area (Å²) in [5.41, 5.74) is 0.812. The lowest BCUT2D eigenvalue weighted by Gasteiger charge is -2.26. The zero-order valence-corrected chi connectivity index (χ0v) is 19.6. The molecule has 9 heteroatoms. The maximum atomic E-state index is 12.7. The van der Waals surface area contributed by atoms with E-state index in [1.807, 2.05) is 11.0 Å². The largest absolute Gasteiger partial charge is 0.435 e. The average Bonchev–Trinajstić information content (AvgIpc) is 3.19. The summed E-state index contributed by atoms with van der Waals surface area (Å²) in [6, 6.07) is 6.74. The van der Waals surface area contributed by atoms with Crippen LogP contribution in [0.1, 0.15) is 44.1 Å². The second kappa shape index (κ2) is 12.3. The highest BCUT2D eigenvalue weighted by Gasteiger charge is 2.31. The number of rotatable bonds is 6. The van der Waals surface area contributed by atoms with Crippen molar-refractivity contribution in [2.75, 3.05) is 20.1 Å². The SMILES string of the molecule is CN=C(NCc1cccc(OC(F)F)c1)NC1CCN(C(=O)C2CCCCC2)C1.I. The Morgan fingerprint density at radius 2 is 2.03 bits per heavy atom. The summed E-state index contributed by atoms with van der Waals surface area (Å²) in [5, 5.41) is 6.56. The van der Waals surface area contributed by atoms with Crippen LogP contribution in [0, 0.1) is 5.92 Å². The monoisotopic (exact) mass is 536 g/mol. The van der Waals surface area contributed by atoms with Gasteiger partial charge in [-0.15, -0.1) is 24.0 Å². The van der Waals surface area contributed by atoms with Crippen LogP contribution in [-0.2, 0) is 11.3 Å². The standard InChI is InChI=1S/C21H30F2N4O2.HI/c1-24-21(25-13-15-6-5-9-18(12-15)29-20(22)23)26-17-10-11-27(14-17)19(28)16-7-3-2-4-8-16;/h5-6,9,12,16-17,20H,2-4,7-8,10-11,13-14H2,1H3,(H2,24,25,26);1H. The van der Waals surface area contributed by atoms with Crippen LogP contribution >= 0.6 is 24.0 Å². The number of amides is 1. The second-order valence-corrected chi connectivity index (χ2v) is 7.70. The normalized spacial score (nSPS) is 20.1. The first-order chi connectivity index (χ1) is 14.0. The topological polar surface area (TPSA) is 66.0 Å². The molecule has 0 aromatic heterocycles. The molecule has 1 heterocycles. The number of benzene rings is 1. The number of guanidine groups is 1. The third kappa shape index (κ3) is 7.24. The molecule has 30 heavy (non-hydrogen) atoms. The molecule has 1 unspecified atom stereocenters. The van der Waals surface area contributed by atoms with Crippen molar-refractivity contribution in [1.82, 2.24) is 15.5 Å². The fourth-order valence-corrected chi connectivity index (χ4v) is 4.09. The molecular weight excluding hydrogens is 505 g/mol. The molecule has 1 saturated heterocycles. The van der Waals surface area contributed by atoms with Crippen LogP contribution in [0.4, 0.5) is 8.78 Å². The Kier molecular flexibility index (Phi) is 10.1. The van der Waals surface area contributed by atoms with Gasteiger partial charge >= 0.3 is 6.61 Å². The van der Waals surface area contributed by atoms with Gasteiger partial charge in [-0.1, -0.05) is 31.4 Å². The van der Waals surface area contributed by atoms with Gasteiger partial charge in [0.2, 0.25) is 5.91 Å². The Hall–Kier alpha value is -1.65. The lowest BCUT2D eigenvalue weighted by Crippen LogP contribution is -2.45. The predicted molar refractivity (Wildman–Crippen MR) is 123 cm³/mol. The first kappa shape index (κ1) is 24.6. The minimum Gasteiger partial charge on any atom is -0.435 e. The maximum Gasteiger partial charge on any atom is 0.387 e. The smallest absolute Gasteiger partial charge is 0.387 e. The van der Waals surface area contributed by atoms with Crippen LogP contribution in [0.25, 0.3) is 0 Å². The van der Waals surface area contributed by atoms with Crippen molar-refractivity contribution in [1.29, 1.82) is 0 Å². The van der Waals surface area contributed by atoms with Crippen LogP contribution in [-0.4, -0.2) is 49.6 Å². The molecule has 6 nitrogen and oxygen atoms in total. The Morgan fingerprint density at radius 3 is 2.73 bits per heavy atom. The molecule has 1 aromatic carbocycles. The highest BCUT2D eigenvalue weighted by atomic mass is 127. The highest BCUT2D eigenvalue weighted by molar-refractivity contribution is 14.0. The molecule has 0 bridgehead atoms. The van der Waals surface area contributed by atoms with E-state index in [1.165, 1.54) is 12.5 Å². The molecule has 1 aromatic rings. The third-order valence-corrected chi connectivity index (χ3v) is 5.60. The molecule has 0 radical (unpaired) electrons. The number of likely N-dealkylation sites (tertiary alicyclic amines) is 1. The summed E-state index contributed by atoms with van der Waals surface area (Å²) in [7, 11) is 1.69. The van der Waals surface area contributed by atoms with E-state index in [-0.39, 0.29) is 41.7 Å². The Labute approximate surface area is 193 Å². The van der Waals surface area contributed by atoms with Gasteiger partial charge in [-0.2, -0.15) is 8.78 Å². The van der Waals surface area contributed by atoms with Gasteiger partial charge in [0, 0.05) is 38.6 Å². The molecular formula is C21H31F2IN4O2. The average molecular weight is 536 g/mol. The number of carbonyl (C=O) groups is 1. The summed E-state index contributed by atoms with van der Waals surface area (Å²) in [4.78, 5) is 18.9. The van der Waals surface area contributed by atoms with Gasteiger partial charge in [-0.25, -0.2) is 0 Å². The fraction of sp³-hybridized carbons (Fsp3) is 0.619. The van der Waals surface area contributed by atoms with E-state index < -0.39 is 6.61 Å². The second-order valence-electron chi connectivity index (χ2n) is 7.70. The van der Waals surface area contributed by atoms with Crippen molar-refractivity contribution >= 4 is 35.8 Å². The number of carbonyl (C=O) groups excluding carboxylic acids is 1. The predicted octanol–water partition coefficient (Wildman–Crippen LogP) is 3.75. The molecule has 2 fully saturated rings. The van der Waals surface area contributed by atoms with Crippen molar-refractivity contribution < 1.29 is 18.3 Å². The van der Waals surface area contributed by atoms with Gasteiger partial charge in [-0.3, -0.25) is 9.79 Å². The van der Waals surface area contributed by atoms with Crippen LogP contribution in [0.3, 0.4) is 0 Å². The summed E-state index contributed by atoms with van der Waals surface area (Å²) >= 11 is 0. The number of aliphatic imine (C=N–C) groups is 1. The molecule has 1 saturated carbocycles. The minimum absolute atomic E-state index is 0. The zero-order chi connectivity index (χ0) is 20.6. The van der Waals surface area contributed by atoms with E-state index in [0.717, 1.165) is 44.2 Å². The molecule has 1 amide bonds. The lowest BCUT2D eigenvalue weighted by atomic mass is 9.88. The highest BCUT2D eigenvalue weighted by Crippen LogP contribution is 2.26. The quantitative estimate of drug-likeness (QED) is 0.330. The Morgan fingerprint density at radius 1 is 1.27 bits per heavy atom. The van der Waals surface area contributed by atoms with Gasteiger partial charge < -0.3 is 20.3 Å². The van der Waals surface area contributed by atoms with Crippen molar-refractivity contribution in [3.05, 3.63) is 29.8 Å². The van der Waals surface area contributed by atoms with Crippen LogP contribution < -0.4 is 15.4 Å². The minimum atomic E-state index is -2.84. The van der Waals surface area contributed by atoms with Crippen molar-refractivity contribution in [3.63, 3.8) is 0 Å². The van der Waals surface area contributed by atoms with Crippen molar-refractivity contribution in [3.8, 4) is 5.75 Å². The van der Waals surface area contributed by atoms with E-state index in [1.54, 1.807) is 19.2 Å². The number of nitrogens with one attached hydrogen (secondary N) is 2. The Bertz CT molecular complexity index is 714. The fourth-order valence-electron chi connectivity index (χ4n) is 4.09. The molecule has 3 rings (SSSR count). The first-order valence-corrected chi connectivity index (χ1v) is 10.3. The van der Waals surface area contributed by atoms with Crippen molar-refractivity contribution in [2.45, 2.75) is 57.7 Å². The van der Waals surface area contributed by atoms with E-state index >= 15 is 0 Å². The summed E-state index contributed by atoms with van der Waals surface area (Å²) in [5.74, 6) is 1.26. The first-order valence-electron chi connectivity index (χ1n) is 10.3. The molecule has 1 aliphatic carbocycles. The molecule has 168 valence electrons. The van der Waals surface area contributed by atoms with E-state index in [9.17, 15) is 13.6 Å². The van der Waals surface area contributed by atoms with Gasteiger partial charge in [-0.05, 0) is 37.0 Å². The number of nitrogens with zero attached hydrogens (tertiary/aromatic N) is 2. The van der Waals surface area contributed by atoms with Gasteiger partial charge in [0.15, 0.2) is 5.96 Å². The van der Waals surface area contributed by atoms with E-state index in [2.05, 4.69) is 20.4 Å². The number of alkyl halides is 2. The summed E-state index contributed by atoms with van der Waals surface area (Å²) in [6.45, 7) is -0.947. The molecule has 2 aliphatic rings. The summed E-state index contributed by atoms with van der Waals surface area (Å²) < 4.78 is 29.2. The van der Waals surface area contributed by atoms with Crippen LogP contribution in [0.15, 0.2) is 29.3 Å². The van der Waals surface area contributed by atoms with Gasteiger partial charge in [0.05, 0.1) is 0 Å². The van der Waals surface area contributed by atoms with Crippen molar-refractivity contribution in [2.24, 2.45) is 10.9 Å². The zero-order valence-electron chi connectivity index (χ0n) is 17.3. The molecule has 1 atom stereocenters. The number of ether oxygens (including phenoxy) is 1. The van der Waals surface area contributed by atoms with Crippen LogP contribution in [0.2, 0.25) is 0 Å². The van der Waals surface area contributed by atoms with Gasteiger partial charge in [0.25, 0.3) is 0 Å². The van der Waals surface area contributed by atoms with Crippen LogP contribution in [0.5, 0.6) is 5.75 Å². The Balaban J connectivity index is 0.00000320. The molecule has 0 spiro atoms. The molecule has 1 aliphatic heterocycles. The lowest BCUT2D eigenvalue weighted by molar-refractivity contribution is -0.135. The number of halogens is 3. The molecule has 2 N–H and O–H groups in total.